The second-order valence-electron chi connectivity index (χ2n) is 9.73. The van der Waals surface area contributed by atoms with Gasteiger partial charge in [0.1, 0.15) is 0 Å². The van der Waals surface area contributed by atoms with Gasteiger partial charge in [-0.2, -0.15) is 0 Å². The van der Waals surface area contributed by atoms with E-state index in [1.807, 2.05) is 30.3 Å². The molecular formula is C26H33ClO2. The number of carbonyl (C=O) groups is 2. The fourth-order valence-corrected chi connectivity index (χ4v) is 3.48. The van der Waals surface area contributed by atoms with Gasteiger partial charge in [-0.3, -0.25) is 9.59 Å². The van der Waals surface area contributed by atoms with E-state index in [1.165, 1.54) is 16.7 Å². The molecule has 0 aromatic heterocycles. The fraction of sp³-hybridized carbons (Fsp3) is 0.462. The van der Waals surface area contributed by atoms with Crippen molar-refractivity contribution in [2.75, 3.05) is 5.88 Å². The van der Waals surface area contributed by atoms with Crippen LogP contribution < -0.4 is 0 Å². The van der Waals surface area contributed by atoms with Crippen molar-refractivity contribution < 1.29 is 9.59 Å². The number of fused-ring (bicyclic) bond motifs is 1. The highest BCUT2D eigenvalue weighted by molar-refractivity contribution is 6.19. The molecule has 0 fully saturated rings. The Hall–Kier alpha value is -1.93. The molecule has 0 radical (unpaired) electrons. The topological polar surface area (TPSA) is 34.1 Å². The van der Waals surface area contributed by atoms with Crippen molar-refractivity contribution in [3.63, 3.8) is 0 Å². The molecule has 2 nitrogen and oxygen atoms in total. The average molecular weight is 413 g/mol. The van der Waals surface area contributed by atoms with Crippen molar-refractivity contribution in [2.45, 2.75) is 71.6 Å². The maximum atomic E-state index is 11.5. The highest BCUT2D eigenvalue weighted by Gasteiger charge is 2.22. The molecule has 29 heavy (non-hydrogen) atoms. The summed E-state index contributed by atoms with van der Waals surface area (Å²) in [7, 11) is 0. The summed E-state index contributed by atoms with van der Waals surface area (Å²) < 4.78 is 0. The number of ketones is 2. The van der Waals surface area contributed by atoms with E-state index in [0.29, 0.717) is 24.5 Å². The molecule has 2 aromatic carbocycles. The van der Waals surface area contributed by atoms with Crippen molar-refractivity contribution in [1.29, 1.82) is 0 Å². The van der Waals surface area contributed by atoms with Crippen molar-refractivity contribution in [1.82, 2.24) is 0 Å². The Morgan fingerprint density at radius 1 is 0.862 bits per heavy atom. The van der Waals surface area contributed by atoms with Gasteiger partial charge in [-0.15, -0.1) is 11.6 Å². The smallest absolute Gasteiger partial charge is 0.164 e. The van der Waals surface area contributed by atoms with Gasteiger partial charge >= 0.3 is 0 Å². The molecule has 0 atom stereocenters. The number of carbonyl (C=O) groups excluding carboxylic acids is 2. The first-order chi connectivity index (χ1) is 13.4. The number of rotatable bonds is 3. The van der Waals surface area contributed by atoms with Crippen LogP contribution in [0.25, 0.3) is 0 Å². The van der Waals surface area contributed by atoms with Crippen molar-refractivity contribution in [2.24, 2.45) is 0 Å². The van der Waals surface area contributed by atoms with E-state index in [-0.39, 0.29) is 16.6 Å². The van der Waals surface area contributed by atoms with E-state index in [0.717, 1.165) is 17.5 Å². The largest absolute Gasteiger partial charge is 0.294 e. The van der Waals surface area contributed by atoms with Crippen molar-refractivity contribution >= 4 is 23.2 Å². The maximum absolute atomic E-state index is 11.5. The Balaban J connectivity index is 0.000000207. The number of Topliss-reactive ketones (excluding diaryl/α,β-unsaturated/α-hetero) is 2. The van der Waals surface area contributed by atoms with E-state index in [9.17, 15) is 9.59 Å². The molecule has 0 bridgehead atoms. The minimum Gasteiger partial charge on any atom is -0.294 e. The summed E-state index contributed by atoms with van der Waals surface area (Å²) in [5, 5.41) is 0. The van der Waals surface area contributed by atoms with Crippen molar-refractivity contribution in [3.05, 3.63) is 70.3 Å². The Morgan fingerprint density at radius 3 is 1.93 bits per heavy atom. The number of hydrogen-bond acceptors (Lipinski definition) is 2. The van der Waals surface area contributed by atoms with E-state index >= 15 is 0 Å². The van der Waals surface area contributed by atoms with Crippen LogP contribution in [0.3, 0.4) is 0 Å². The SMILES string of the molecule is CC(C)(C)c1ccc(C(=O)CCCl)cc1.CC(C)(C)c1ccc2c(c1)CCC2=O. The minimum atomic E-state index is 0.116. The minimum absolute atomic E-state index is 0.116. The van der Waals surface area contributed by atoms with Gasteiger partial charge < -0.3 is 0 Å². The summed E-state index contributed by atoms with van der Waals surface area (Å²) in [6.45, 7) is 13.1. The van der Waals surface area contributed by atoms with E-state index < -0.39 is 0 Å². The summed E-state index contributed by atoms with van der Waals surface area (Å²) in [6.07, 6.45) is 2.04. The standard InChI is InChI=1S/C13H17ClO.C13H16O/c1-13(2,3)11-6-4-10(5-7-11)12(15)8-9-14;1-13(2,3)10-5-6-11-9(8-10)4-7-12(11)14/h4-7H,8-9H2,1-3H3;5-6,8H,4,7H2,1-3H3. The van der Waals surface area contributed by atoms with Gasteiger partial charge in [-0.25, -0.2) is 0 Å². The highest BCUT2D eigenvalue weighted by atomic mass is 35.5. The van der Waals surface area contributed by atoms with Gasteiger partial charge in [0.15, 0.2) is 11.6 Å². The fourth-order valence-electron chi connectivity index (χ4n) is 3.31. The molecule has 2 aromatic rings. The number of hydrogen-bond donors (Lipinski definition) is 0. The zero-order chi connectivity index (χ0) is 21.8. The zero-order valence-corrected chi connectivity index (χ0v) is 19.3. The van der Waals surface area contributed by atoms with E-state index in [1.54, 1.807) is 0 Å². The lowest BCUT2D eigenvalue weighted by atomic mass is 9.85. The molecule has 0 saturated carbocycles. The van der Waals surface area contributed by atoms with Crippen LogP contribution in [0.4, 0.5) is 0 Å². The molecular weight excluding hydrogens is 380 g/mol. The molecule has 1 aliphatic carbocycles. The summed E-state index contributed by atoms with van der Waals surface area (Å²) >= 11 is 5.53. The third-order valence-electron chi connectivity index (χ3n) is 5.29. The molecule has 1 aliphatic rings. The molecule has 0 unspecified atom stereocenters. The van der Waals surface area contributed by atoms with Crippen LogP contribution in [0.2, 0.25) is 0 Å². The first-order valence-electron chi connectivity index (χ1n) is 10.3. The molecule has 156 valence electrons. The molecule has 3 heteroatoms. The van der Waals surface area contributed by atoms with E-state index in [4.69, 9.17) is 11.6 Å². The third-order valence-corrected chi connectivity index (χ3v) is 5.48. The lowest BCUT2D eigenvalue weighted by Gasteiger charge is -2.19. The quantitative estimate of drug-likeness (QED) is 0.405. The normalized spacial score (nSPS) is 13.6. The van der Waals surface area contributed by atoms with Gasteiger partial charge in [-0.1, -0.05) is 84.0 Å². The third kappa shape index (κ3) is 6.27. The van der Waals surface area contributed by atoms with Crippen molar-refractivity contribution in [3.8, 4) is 0 Å². The number of aryl methyl sites for hydroxylation is 1. The van der Waals surface area contributed by atoms with Crippen LogP contribution in [-0.4, -0.2) is 17.4 Å². The molecule has 0 N–H and O–H groups in total. The number of benzene rings is 2. The summed E-state index contributed by atoms with van der Waals surface area (Å²) in [5.41, 5.74) is 5.81. The van der Waals surface area contributed by atoms with Crippen LogP contribution in [0, 0.1) is 0 Å². The molecule has 0 aliphatic heterocycles. The van der Waals surface area contributed by atoms with Crippen LogP contribution in [0.5, 0.6) is 0 Å². The van der Waals surface area contributed by atoms with Crippen LogP contribution >= 0.6 is 11.6 Å². The summed E-state index contributed by atoms with van der Waals surface area (Å²) in [4.78, 5) is 22.9. The van der Waals surface area contributed by atoms with Gasteiger partial charge in [0.25, 0.3) is 0 Å². The molecule has 3 rings (SSSR count). The molecule has 0 heterocycles. The second kappa shape index (κ2) is 9.26. The van der Waals surface area contributed by atoms with Gasteiger partial charge in [0, 0.05) is 29.8 Å². The van der Waals surface area contributed by atoms with Gasteiger partial charge in [-0.05, 0) is 33.9 Å². The Morgan fingerprint density at radius 2 is 1.41 bits per heavy atom. The predicted octanol–water partition coefficient (Wildman–Crippen LogP) is 6.91. The second-order valence-corrected chi connectivity index (χ2v) is 10.1. The van der Waals surface area contributed by atoms with Gasteiger partial charge in [0.2, 0.25) is 0 Å². The molecule has 0 spiro atoms. The first-order valence-corrected chi connectivity index (χ1v) is 10.8. The first kappa shape index (κ1) is 23.3. The van der Waals surface area contributed by atoms with Gasteiger partial charge in [0.05, 0.1) is 0 Å². The predicted molar refractivity (Wildman–Crippen MR) is 123 cm³/mol. The van der Waals surface area contributed by atoms with Crippen LogP contribution in [-0.2, 0) is 17.3 Å². The average Bonchev–Trinajstić information content (AvgIpc) is 3.02. The number of halogens is 1. The maximum Gasteiger partial charge on any atom is 0.164 e. The lowest BCUT2D eigenvalue weighted by molar-refractivity contribution is 0.0983. The Kier molecular flexibility index (Phi) is 7.45. The lowest BCUT2D eigenvalue weighted by Crippen LogP contribution is -2.11. The van der Waals surface area contributed by atoms with Crippen LogP contribution in [0.15, 0.2) is 42.5 Å². The zero-order valence-electron chi connectivity index (χ0n) is 18.6. The Labute approximate surface area is 180 Å². The Bertz CT molecular complexity index is 865. The van der Waals surface area contributed by atoms with Crippen LogP contribution in [0.1, 0.15) is 91.8 Å². The highest BCUT2D eigenvalue weighted by Crippen LogP contribution is 2.29. The summed E-state index contributed by atoms with van der Waals surface area (Å²) in [6, 6.07) is 14.1. The molecule has 0 saturated heterocycles. The monoisotopic (exact) mass is 412 g/mol. The molecule has 0 amide bonds. The van der Waals surface area contributed by atoms with E-state index in [2.05, 4.69) is 53.7 Å². The summed E-state index contributed by atoms with van der Waals surface area (Å²) in [5.74, 6) is 0.811. The number of alkyl halides is 1.